The predicted molar refractivity (Wildman–Crippen MR) is 168 cm³/mol. The van der Waals surface area contributed by atoms with Gasteiger partial charge in [-0.25, -0.2) is 9.79 Å². The highest BCUT2D eigenvalue weighted by atomic mass is 16.6. The fourth-order valence-corrected chi connectivity index (χ4v) is 4.95. The largest absolute Gasteiger partial charge is 0.476 e. The van der Waals surface area contributed by atoms with E-state index in [9.17, 15) is 4.79 Å². The first-order valence-electron chi connectivity index (χ1n) is 15.2. The van der Waals surface area contributed by atoms with E-state index in [0.717, 1.165) is 35.2 Å². The molecule has 42 heavy (non-hydrogen) atoms. The second-order valence-electron chi connectivity index (χ2n) is 12.1. The summed E-state index contributed by atoms with van der Waals surface area (Å²) in [6.07, 6.45) is 0.982. The van der Waals surface area contributed by atoms with Crippen LogP contribution in [0.4, 0.5) is 0 Å². The van der Waals surface area contributed by atoms with Gasteiger partial charge in [-0.05, 0) is 90.6 Å². The molecule has 0 bridgehead atoms. The van der Waals surface area contributed by atoms with Gasteiger partial charge in [0.15, 0.2) is 5.60 Å². The van der Waals surface area contributed by atoms with Crippen LogP contribution in [0.2, 0.25) is 0 Å². The van der Waals surface area contributed by atoms with Crippen LogP contribution in [0.25, 0.3) is 0 Å². The minimum absolute atomic E-state index is 0.0763. The van der Waals surface area contributed by atoms with Crippen LogP contribution in [-0.4, -0.2) is 73.1 Å². The van der Waals surface area contributed by atoms with Crippen molar-refractivity contribution >= 4 is 11.9 Å². The zero-order valence-electron chi connectivity index (χ0n) is 27.1. The number of carbonyl (C=O) groups is 1. The smallest absolute Gasteiger partial charge is 0.349 e. The number of esters is 1. The van der Waals surface area contributed by atoms with Crippen LogP contribution in [0, 0.1) is 13.8 Å². The Bertz CT molecular complexity index is 1180. The number of carbonyl (C=O) groups excluding carboxylic acids is 1. The van der Waals surface area contributed by atoms with Crippen LogP contribution in [0.5, 0.6) is 5.75 Å². The summed E-state index contributed by atoms with van der Waals surface area (Å²) < 4.78 is 23.6. The van der Waals surface area contributed by atoms with E-state index in [4.69, 9.17) is 23.9 Å². The minimum atomic E-state index is -1.08. The van der Waals surface area contributed by atoms with Crippen LogP contribution in [0.1, 0.15) is 77.1 Å². The summed E-state index contributed by atoms with van der Waals surface area (Å²) >= 11 is 0. The monoisotopic (exact) mass is 581 g/mol. The van der Waals surface area contributed by atoms with Gasteiger partial charge in [0.2, 0.25) is 5.90 Å². The Morgan fingerprint density at radius 2 is 1.83 bits per heavy atom. The van der Waals surface area contributed by atoms with E-state index in [1.807, 2.05) is 44.2 Å². The Labute approximate surface area is 252 Å². The molecule has 0 aromatic heterocycles. The third kappa shape index (κ3) is 9.03. The summed E-state index contributed by atoms with van der Waals surface area (Å²) in [7, 11) is 0. The average Bonchev–Trinajstić information content (AvgIpc) is 3.24. The Morgan fingerprint density at radius 3 is 2.45 bits per heavy atom. The van der Waals surface area contributed by atoms with Crippen molar-refractivity contribution in [3.8, 4) is 5.75 Å². The molecule has 0 amide bonds. The van der Waals surface area contributed by atoms with Crippen molar-refractivity contribution in [1.82, 2.24) is 10.2 Å². The van der Waals surface area contributed by atoms with Crippen LogP contribution in [-0.2, 0) is 25.5 Å². The number of nitrogens with zero attached hydrogens (tertiary/aromatic N) is 2. The molecule has 0 saturated heterocycles. The maximum Gasteiger partial charge on any atom is 0.349 e. The third-order valence-electron chi connectivity index (χ3n) is 7.83. The Hall–Kier alpha value is -2.94. The first-order chi connectivity index (χ1) is 19.9. The number of nitrogens with one attached hydrogen (secondary N) is 1. The summed E-state index contributed by atoms with van der Waals surface area (Å²) in [6, 6.07) is 14.8. The van der Waals surface area contributed by atoms with Crippen LogP contribution < -0.4 is 10.1 Å². The highest BCUT2D eigenvalue weighted by molar-refractivity contribution is 5.95. The van der Waals surface area contributed by atoms with Crippen molar-refractivity contribution in [3.63, 3.8) is 0 Å². The molecule has 2 aromatic carbocycles. The molecule has 0 fully saturated rings. The van der Waals surface area contributed by atoms with Crippen LogP contribution in [0.3, 0.4) is 0 Å². The number of hydrogen-bond donors (Lipinski definition) is 1. The summed E-state index contributed by atoms with van der Waals surface area (Å²) in [6.45, 7) is 21.5. The maximum absolute atomic E-state index is 12.4. The van der Waals surface area contributed by atoms with Crippen molar-refractivity contribution in [3.05, 3.63) is 64.7 Å². The molecule has 0 spiro atoms. The lowest BCUT2D eigenvalue weighted by Gasteiger charge is -2.33. The fourth-order valence-electron chi connectivity index (χ4n) is 4.95. The van der Waals surface area contributed by atoms with E-state index >= 15 is 0 Å². The molecule has 232 valence electrons. The second-order valence-corrected chi connectivity index (χ2v) is 12.1. The Balaban J connectivity index is 1.79. The van der Waals surface area contributed by atoms with Gasteiger partial charge < -0.3 is 18.9 Å². The molecule has 1 N–H and O–H groups in total. The van der Waals surface area contributed by atoms with E-state index in [1.54, 1.807) is 20.8 Å². The van der Waals surface area contributed by atoms with E-state index < -0.39 is 11.1 Å². The molecule has 2 aromatic rings. The minimum Gasteiger partial charge on any atom is -0.476 e. The van der Waals surface area contributed by atoms with Crippen molar-refractivity contribution in [2.75, 3.05) is 33.0 Å². The van der Waals surface area contributed by atoms with Gasteiger partial charge in [0.25, 0.3) is 0 Å². The first-order valence-corrected chi connectivity index (χ1v) is 15.2. The highest BCUT2D eigenvalue weighted by Crippen LogP contribution is 2.32. The van der Waals surface area contributed by atoms with Gasteiger partial charge in [-0.3, -0.25) is 10.2 Å². The molecule has 3 unspecified atom stereocenters. The van der Waals surface area contributed by atoms with Crippen molar-refractivity contribution in [2.24, 2.45) is 4.99 Å². The van der Waals surface area contributed by atoms with Gasteiger partial charge in [-0.15, -0.1) is 0 Å². The summed E-state index contributed by atoms with van der Waals surface area (Å²) in [4.78, 5) is 19.9. The fraction of sp³-hybridized carbons (Fsp3) is 0.588. The lowest BCUT2D eigenvalue weighted by molar-refractivity contribution is -0.158. The lowest BCUT2D eigenvalue weighted by atomic mass is 9.96. The lowest BCUT2D eigenvalue weighted by Crippen LogP contribution is -2.46. The van der Waals surface area contributed by atoms with Crippen LogP contribution in [0.15, 0.2) is 47.5 Å². The molecule has 8 nitrogen and oxygen atoms in total. The summed E-state index contributed by atoms with van der Waals surface area (Å²) in [5.74, 6) is 1.03. The van der Waals surface area contributed by atoms with Gasteiger partial charge in [0.05, 0.1) is 19.9 Å². The number of ether oxygens (including phenoxy) is 4. The molecule has 0 radical (unpaired) electrons. The number of rotatable bonds is 16. The molecular formula is C34H51N3O5. The zero-order valence-corrected chi connectivity index (χ0v) is 27.1. The summed E-state index contributed by atoms with van der Waals surface area (Å²) in [5.41, 5.74) is 2.60. The number of aliphatic imine (C=N–C) groups is 1. The maximum atomic E-state index is 12.4. The van der Waals surface area contributed by atoms with E-state index in [-0.39, 0.29) is 12.1 Å². The number of benzene rings is 2. The molecule has 8 heteroatoms. The van der Waals surface area contributed by atoms with E-state index in [1.165, 1.54) is 0 Å². The van der Waals surface area contributed by atoms with Gasteiger partial charge in [-0.2, -0.15) is 0 Å². The van der Waals surface area contributed by atoms with Crippen molar-refractivity contribution in [2.45, 2.75) is 98.6 Å². The molecule has 1 heterocycles. The van der Waals surface area contributed by atoms with Gasteiger partial charge in [0, 0.05) is 31.2 Å². The predicted octanol–water partition coefficient (Wildman–Crippen LogP) is 5.81. The Kier molecular flexibility index (Phi) is 12.0. The van der Waals surface area contributed by atoms with Gasteiger partial charge in [-0.1, -0.05) is 37.3 Å². The molecule has 3 rings (SSSR count). The van der Waals surface area contributed by atoms with Crippen LogP contribution >= 0.6 is 0 Å². The second kappa shape index (κ2) is 15.0. The van der Waals surface area contributed by atoms with E-state index in [2.05, 4.69) is 50.0 Å². The summed E-state index contributed by atoms with van der Waals surface area (Å²) in [5, 5.41) is 3.39. The quantitative estimate of drug-likeness (QED) is 0.152. The Morgan fingerprint density at radius 1 is 1.17 bits per heavy atom. The number of hydrogen-bond acceptors (Lipinski definition) is 8. The molecular weight excluding hydrogens is 530 g/mol. The normalized spacial score (nSPS) is 19.4. The standard InChI is InChI=1S/C34H51N3O5/c1-10-26(5)35-23-39-18-17-37(22-34(9)27(6)41-31(36-34)29-15-13-12-14-16-29)21-28-19-24(3)30(25(4)20-28)42-33(7,8)32(38)40-11-2/h12-16,19-20,26-27,35H,10-11,17-18,21-23H2,1-9H3. The molecule has 1 aliphatic rings. The molecule has 3 atom stereocenters. The topological polar surface area (TPSA) is 81.6 Å². The number of aryl methyl sites for hydroxylation is 2. The molecule has 1 aliphatic heterocycles. The van der Waals surface area contributed by atoms with E-state index in [0.29, 0.717) is 50.7 Å². The molecule has 0 aliphatic carbocycles. The van der Waals surface area contributed by atoms with Crippen molar-refractivity contribution < 1.29 is 23.7 Å². The van der Waals surface area contributed by atoms with Crippen molar-refractivity contribution in [1.29, 1.82) is 0 Å². The zero-order chi connectivity index (χ0) is 30.9. The SMILES string of the molecule is CCOC(=O)C(C)(C)Oc1c(C)cc(CN(CCOCNC(C)CC)CC2(C)N=C(c3ccccc3)OC2C)cc1C. The third-order valence-corrected chi connectivity index (χ3v) is 7.83. The average molecular weight is 582 g/mol. The van der Waals surface area contributed by atoms with Gasteiger partial charge >= 0.3 is 5.97 Å². The first kappa shape index (κ1) is 33.6. The highest BCUT2D eigenvalue weighted by Gasteiger charge is 2.41. The van der Waals surface area contributed by atoms with Gasteiger partial charge in [0.1, 0.15) is 17.4 Å². The molecule has 0 saturated carbocycles.